The van der Waals surface area contributed by atoms with E-state index >= 15 is 0 Å². The zero-order valence-corrected chi connectivity index (χ0v) is 10.3. The first-order valence-corrected chi connectivity index (χ1v) is 6.71. The Morgan fingerprint density at radius 2 is 2.13 bits per heavy atom. The molecule has 1 aromatic rings. The van der Waals surface area contributed by atoms with E-state index in [1.54, 1.807) is 0 Å². The van der Waals surface area contributed by atoms with Crippen molar-refractivity contribution < 1.29 is 0 Å². The third-order valence-corrected chi connectivity index (χ3v) is 4.78. The van der Waals surface area contributed by atoms with E-state index in [1.807, 2.05) is 17.5 Å². The Bertz CT molecular complexity index is 313. The van der Waals surface area contributed by atoms with E-state index in [9.17, 15) is 0 Å². The summed E-state index contributed by atoms with van der Waals surface area (Å²) in [6, 6.07) is 0. The molecule has 0 radical (unpaired) electrons. The van der Waals surface area contributed by atoms with Crippen LogP contribution >= 0.6 is 11.3 Å². The number of hydrogen-bond acceptors (Lipinski definition) is 3. The lowest BCUT2D eigenvalue weighted by Gasteiger charge is -2.31. The summed E-state index contributed by atoms with van der Waals surface area (Å²) in [6.07, 6.45) is 9.74. The largest absolute Gasteiger partial charge is 0.330 e. The molecular formula is C12H20N2S. The summed E-state index contributed by atoms with van der Waals surface area (Å²) in [5.41, 5.74) is 5.92. The van der Waals surface area contributed by atoms with E-state index in [4.69, 9.17) is 5.73 Å². The van der Waals surface area contributed by atoms with Gasteiger partial charge in [0.2, 0.25) is 0 Å². The van der Waals surface area contributed by atoms with Gasteiger partial charge in [0.15, 0.2) is 0 Å². The van der Waals surface area contributed by atoms with Crippen LogP contribution in [0.3, 0.4) is 0 Å². The zero-order chi connectivity index (χ0) is 10.7. The highest BCUT2D eigenvalue weighted by molar-refractivity contribution is 7.11. The van der Waals surface area contributed by atoms with E-state index in [0.29, 0.717) is 5.41 Å². The van der Waals surface area contributed by atoms with Crippen LogP contribution in [0, 0.1) is 0 Å². The SMILES string of the molecule is CC1(c2ncc(CCN)s2)CCCCC1. The third kappa shape index (κ3) is 2.40. The summed E-state index contributed by atoms with van der Waals surface area (Å²) in [6.45, 7) is 3.11. The molecule has 2 N–H and O–H groups in total. The molecule has 2 nitrogen and oxygen atoms in total. The Morgan fingerprint density at radius 1 is 1.40 bits per heavy atom. The van der Waals surface area contributed by atoms with Crippen LogP contribution in [0.2, 0.25) is 0 Å². The zero-order valence-electron chi connectivity index (χ0n) is 9.46. The fraction of sp³-hybridized carbons (Fsp3) is 0.750. The van der Waals surface area contributed by atoms with Gasteiger partial charge in [0.1, 0.15) is 0 Å². The molecule has 3 heteroatoms. The smallest absolute Gasteiger partial charge is 0.0986 e. The minimum atomic E-state index is 0.357. The lowest BCUT2D eigenvalue weighted by atomic mass is 9.76. The van der Waals surface area contributed by atoms with Gasteiger partial charge in [-0.2, -0.15) is 0 Å². The second kappa shape index (κ2) is 4.62. The summed E-state index contributed by atoms with van der Waals surface area (Å²) in [5, 5.41) is 1.34. The van der Waals surface area contributed by atoms with Gasteiger partial charge in [-0.1, -0.05) is 26.2 Å². The van der Waals surface area contributed by atoms with E-state index in [1.165, 1.54) is 42.0 Å². The summed E-state index contributed by atoms with van der Waals surface area (Å²) < 4.78 is 0. The molecule has 1 aliphatic carbocycles. The highest BCUT2D eigenvalue weighted by Gasteiger charge is 2.31. The van der Waals surface area contributed by atoms with E-state index in [-0.39, 0.29) is 0 Å². The van der Waals surface area contributed by atoms with Gasteiger partial charge in [-0.05, 0) is 25.8 Å². The van der Waals surface area contributed by atoms with E-state index in [0.717, 1.165) is 13.0 Å². The Kier molecular flexibility index (Phi) is 3.42. The van der Waals surface area contributed by atoms with Gasteiger partial charge in [-0.3, -0.25) is 0 Å². The molecule has 1 aromatic heterocycles. The first kappa shape index (κ1) is 11.1. The van der Waals surface area contributed by atoms with Gasteiger partial charge in [-0.25, -0.2) is 4.98 Å². The monoisotopic (exact) mass is 224 g/mol. The van der Waals surface area contributed by atoms with E-state index in [2.05, 4.69) is 11.9 Å². The molecule has 0 saturated heterocycles. The molecule has 0 atom stereocenters. The number of rotatable bonds is 3. The van der Waals surface area contributed by atoms with Crippen LogP contribution < -0.4 is 5.73 Å². The van der Waals surface area contributed by atoms with Crippen molar-refractivity contribution in [2.24, 2.45) is 5.73 Å². The summed E-state index contributed by atoms with van der Waals surface area (Å²) in [7, 11) is 0. The molecule has 0 unspecified atom stereocenters. The van der Waals surface area contributed by atoms with Crippen molar-refractivity contribution in [2.75, 3.05) is 6.54 Å². The second-order valence-electron chi connectivity index (χ2n) is 4.79. The topological polar surface area (TPSA) is 38.9 Å². The van der Waals surface area contributed by atoms with Gasteiger partial charge >= 0.3 is 0 Å². The standard InChI is InChI=1S/C12H20N2S/c1-12(6-3-2-4-7-12)11-14-9-10(15-11)5-8-13/h9H,2-8,13H2,1H3. The van der Waals surface area contributed by atoms with Crippen LogP contribution in [-0.4, -0.2) is 11.5 Å². The number of nitrogens with two attached hydrogens (primary N) is 1. The summed E-state index contributed by atoms with van der Waals surface area (Å²) in [4.78, 5) is 5.94. The fourth-order valence-corrected chi connectivity index (χ4v) is 3.52. The number of nitrogens with zero attached hydrogens (tertiary/aromatic N) is 1. The van der Waals surface area contributed by atoms with Gasteiger partial charge in [0.05, 0.1) is 5.01 Å². The Labute approximate surface area is 95.9 Å². The van der Waals surface area contributed by atoms with Crippen molar-refractivity contribution in [1.29, 1.82) is 0 Å². The van der Waals surface area contributed by atoms with Gasteiger partial charge < -0.3 is 5.73 Å². The molecule has 84 valence electrons. The molecule has 0 amide bonds. The molecule has 1 fully saturated rings. The van der Waals surface area contributed by atoms with Crippen LogP contribution in [0.1, 0.15) is 48.9 Å². The maximum Gasteiger partial charge on any atom is 0.0986 e. The highest BCUT2D eigenvalue weighted by atomic mass is 32.1. The normalized spacial score (nSPS) is 20.4. The maximum absolute atomic E-state index is 5.56. The lowest BCUT2D eigenvalue weighted by Crippen LogP contribution is -2.24. The summed E-state index contributed by atoms with van der Waals surface area (Å²) >= 11 is 1.87. The van der Waals surface area contributed by atoms with Gasteiger partial charge in [0, 0.05) is 16.5 Å². The van der Waals surface area contributed by atoms with Crippen LogP contribution in [-0.2, 0) is 11.8 Å². The number of thiazole rings is 1. The first-order valence-electron chi connectivity index (χ1n) is 5.90. The summed E-state index contributed by atoms with van der Waals surface area (Å²) in [5.74, 6) is 0. The van der Waals surface area contributed by atoms with Crippen molar-refractivity contribution in [3.63, 3.8) is 0 Å². The average Bonchev–Trinajstić information content (AvgIpc) is 2.69. The van der Waals surface area contributed by atoms with Gasteiger partial charge in [0.25, 0.3) is 0 Å². The minimum absolute atomic E-state index is 0.357. The molecule has 15 heavy (non-hydrogen) atoms. The van der Waals surface area contributed by atoms with E-state index < -0.39 is 0 Å². The molecule has 0 aromatic carbocycles. The molecular weight excluding hydrogens is 204 g/mol. The Hall–Kier alpha value is -0.410. The predicted molar refractivity (Wildman–Crippen MR) is 65.3 cm³/mol. The molecule has 1 saturated carbocycles. The quantitative estimate of drug-likeness (QED) is 0.857. The van der Waals surface area contributed by atoms with Crippen molar-refractivity contribution in [3.8, 4) is 0 Å². The first-order chi connectivity index (χ1) is 7.24. The minimum Gasteiger partial charge on any atom is -0.330 e. The highest BCUT2D eigenvalue weighted by Crippen LogP contribution is 2.40. The van der Waals surface area contributed by atoms with Crippen molar-refractivity contribution in [3.05, 3.63) is 16.1 Å². The van der Waals surface area contributed by atoms with Crippen molar-refractivity contribution in [2.45, 2.75) is 50.9 Å². The van der Waals surface area contributed by atoms with Crippen molar-refractivity contribution >= 4 is 11.3 Å². The second-order valence-corrected chi connectivity index (χ2v) is 5.91. The fourth-order valence-electron chi connectivity index (χ4n) is 2.39. The van der Waals surface area contributed by atoms with Crippen LogP contribution in [0.4, 0.5) is 0 Å². The number of hydrogen-bond donors (Lipinski definition) is 1. The number of aromatic nitrogens is 1. The molecule has 1 aliphatic rings. The molecule has 2 rings (SSSR count). The molecule has 0 bridgehead atoms. The predicted octanol–water partition coefficient (Wildman–Crippen LogP) is 2.87. The molecule has 0 aliphatic heterocycles. The molecule has 1 heterocycles. The molecule has 0 spiro atoms. The average molecular weight is 224 g/mol. The van der Waals surface area contributed by atoms with Crippen molar-refractivity contribution in [1.82, 2.24) is 4.98 Å². The Balaban J connectivity index is 2.12. The third-order valence-electron chi connectivity index (χ3n) is 3.42. The van der Waals surface area contributed by atoms with Crippen LogP contribution in [0.25, 0.3) is 0 Å². The van der Waals surface area contributed by atoms with Crippen LogP contribution in [0.15, 0.2) is 6.20 Å². The van der Waals surface area contributed by atoms with Gasteiger partial charge in [-0.15, -0.1) is 11.3 Å². The lowest BCUT2D eigenvalue weighted by molar-refractivity contribution is 0.318. The Morgan fingerprint density at radius 3 is 2.80 bits per heavy atom. The maximum atomic E-state index is 5.56. The van der Waals surface area contributed by atoms with Crippen LogP contribution in [0.5, 0.6) is 0 Å².